The van der Waals surface area contributed by atoms with Gasteiger partial charge >= 0.3 is 0 Å². The van der Waals surface area contributed by atoms with E-state index in [0.29, 0.717) is 0 Å². The SMILES string of the molecule is C(=C\c1nc2ccccc2s1)/c1ccncc1. The van der Waals surface area contributed by atoms with E-state index in [9.17, 15) is 0 Å². The second kappa shape index (κ2) is 4.47. The molecule has 0 saturated heterocycles. The molecule has 0 unspecified atom stereocenters. The van der Waals surface area contributed by atoms with Gasteiger partial charge in [0.05, 0.1) is 10.2 Å². The number of benzene rings is 1. The molecule has 3 heteroatoms. The smallest absolute Gasteiger partial charge is 0.117 e. The first-order valence-corrected chi connectivity index (χ1v) is 6.17. The van der Waals surface area contributed by atoms with Crippen molar-refractivity contribution in [2.75, 3.05) is 0 Å². The van der Waals surface area contributed by atoms with Crippen LogP contribution in [0, 0.1) is 0 Å². The van der Waals surface area contributed by atoms with Crippen LogP contribution < -0.4 is 0 Å². The second-order valence-electron chi connectivity index (χ2n) is 3.63. The Balaban J connectivity index is 1.92. The number of fused-ring (bicyclic) bond motifs is 1. The molecule has 0 bridgehead atoms. The van der Waals surface area contributed by atoms with E-state index in [4.69, 9.17) is 0 Å². The Kier molecular flexibility index (Phi) is 2.68. The molecule has 3 aromatic rings. The Morgan fingerprint density at radius 1 is 0.941 bits per heavy atom. The third kappa shape index (κ3) is 2.24. The molecule has 2 nitrogen and oxygen atoms in total. The summed E-state index contributed by atoms with van der Waals surface area (Å²) in [6, 6.07) is 12.1. The van der Waals surface area contributed by atoms with E-state index in [0.717, 1.165) is 16.1 Å². The van der Waals surface area contributed by atoms with Crippen molar-refractivity contribution in [1.29, 1.82) is 0 Å². The van der Waals surface area contributed by atoms with Crippen molar-refractivity contribution in [2.24, 2.45) is 0 Å². The van der Waals surface area contributed by atoms with Gasteiger partial charge in [0.1, 0.15) is 5.01 Å². The maximum Gasteiger partial charge on any atom is 0.117 e. The average Bonchev–Trinajstić information content (AvgIpc) is 2.80. The Morgan fingerprint density at radius 3 is 2.59 bits per heavy atom. The fourth-order valence-corrected chi connectivity index (χ4v) is 2.47. The molecule has 0 saturated carbocycles. The lowest BCUT2D eigenvalue weighted by atomic mass is 10.2. The summed E-state index contributed by atoms with van der Waals surface area (Å²) >= 11 is 1.70. The number of hydrogen-bond donors (Lipinski definition) is 0. The molecule has 3 rings (SSSR count). The van der Waals surface area contributed by atoms with Gasteiger partial charge in [-0.05, 0) is 35.9 Å². The summed E-state index contributed by atoms with van der Waals surface area (Å²) in [5, 5.41) is 1.03. The van der Waals surface area contributed by atoms with E-state index in [1.165, 1.54) is 4.70 Å². The highest BCUT2D eigenvalue weighted by molar-refractivity contribution is 7.19. The van der Waals surface area contributed by atoms with Crippen LogP contribution >= 0.6 is 11.3 Å². The van der Waals surface area contributed by atoms with Gasteiger partial charge in [0.2, 0.25) is 0 Å². The van der Waals surface area contributed by atoms with E-state index in [1.54, 1.807) is 23.7 Å². The third-order valence-corrected chi connectivity index (χ3v) is 3.44. The molecule has 17 heavy (non-hydrogen) atoms. The number of pyridine rings is 1. The Hall–Kier alpha value is -2.00. The first-order valence-electron chi connectivity index (χ1n) is 5.35. The summed E-state index contributed by atoms with van der Waals surface area (Å²) in [4.78, 5) is 8.53. The van der Waals surface area contributed by atoms with Crippen molar-refractivity contribution >= 4 is 33.7 Å². The fraction of sp³-hybridized carbons (Fsp3) is 0. The third-order valence-electron chi connectivity index (χ3n) is 2.43. The Labute approximate surface area is 103 Å². The molecule has 2 aromatic heterocycles. The van der Waals surface area contributed by atoms with Crippen LogP contribution in [0.1, 0.15) is 10.6 Å². The van der Waals surface area contributed by atoms with Crippen molar-refractivity contribution in [3.05, 3.63) is 59.4 Å². The summed E-state index contributed by atoms with van der Waals surface area (Å²) in [5.41, 5.74) is 2.20. The van der Waals surface area contributed by atoms with E-state index < -0.39 is 0 Å². The fourth-order valence-electron chi connectivity index (χ4n) is 1.60. The van der Waals surface area contributed by atoms with E-state index in [1.807, 2.05) is 36.4 Å². The number of aromatic nitrogens is 2. The van der Waals surface area contributed by atoms with E-state index in [-0.39, 0.29) is 0 Å². The monoisotopic (exact) mass is 238 g/mol. The van der Waals surface area contributed by atoms with Gasteiger partial charge in [-0.25, -0.2) is 4.98 Å². The topological polar surface area (TPSA) is 25.8 Å². The van der Waals surface area contributed by atoms with Gasteiger partial charge in [-0.2, -0.15) is 0 Å². The molecular formula is C14H10N2S. The quantitative estimate of drug-likeness (QED) is 0.677. The van der Waals surface area contributed by atoms with Crippen LogP contribution in [-0.4, -0.2) is 9.97 Å². The largest absolute Gasteiger partial charge is 0.265 e. The predicted molar refractivity (Wildman–Crippen MR) is 72.8 cm³/mol. The zero-order valence-corrected chi connectivity index (χ0v) is 9.89. The maximum atomic E-state index is 4.54. The molecule has 82 valence electrons. The number of thiazole rings is 1. The summed E-state index contributed by atoms with van der Waals surface area (Å²) < 4.78 is 1.22. The summed E-state index contributed by atoms with van der Waals surface area (Å²) in [6.07, 6.45) is 7.68. The molecule has 0 atom stereocenters. The van der Waals surface area contributed by atoms with Gasteiger partial charge in [0.15, 0.2) is 0 Å². The van der Waals surface area contributed by atoms with Gasteiger partial charge in [-0.15, -0.1) is 11.3 Å². The lowest BCUT2D eigenvalue weighted by Crippen LogP contribution is -1.72. The molecule has 0 spiro atoms. The zero-order chi connectivity index (χ0) is 11.5. The molecule has 1 aromatic carbocycles. The standard InChI is InChI=1S/C14H10N2S/c1-2-4-13-12(3-1)16-14(17-13)6-5-11-7-9-15-10-8-11/h1-10H/b6-5+. The molecule has 0 fully saturated rings. The summed E-state index contributed by atoms with van der Waals surface area (Å²) in [7, 11) is 0. The molecule has 0 N–H and O–H groups in total. The molecule has 0 aliphatic rings. The zero-order valence-electron chi connectivity index (χ0n) is 9.08. The molecular weight excluding hydrogens is 228 g/mol. The van der Waals surface area contributed by atoms with Crippen LogP contribution in [0.15, 0.2) is 48.8 Å². The molecule has 0 radical (unpaired) electrons. The van der Waals surface area contributed by atoms with Crippen LogP contribution in [0.5, 0.6) is 0 Å². The lowest BCUT2D eigenvalue weighted by Gasteiger charge is -1.88. The van der Waals surface area contributed by atoms with Gasteiger partial charge in [-0.1, -0.05) is 18.2 Å². The molecule has 0 aliphatic carbocycles. The van der Waals surface area contributed by atoms with Crippen molar-refractivity contribution in [2.45, 2.75) is 0 Å². The first-order chi connectivity index (χ1) is 8.42. The molecule has 0 amide bonds. The van der Waals surface area contributed by atoms with Crippen molar-refractivity contribution < 1.29 is 0 Å². The summed E-state index contributed by atoms with van der Waals surface area (Å²) in [5.74, 6) is 0. The minimum Gasteiger partial charge on any atom is -0.265 e. The van der Waals surface area contributed by atoms with Gasteiger partial charge in [0, 0.05) is 12.4 Å². The number of nitrogens with zero attached hydrogens (tertiary/aromatic N) is 2. The number of para-hydroxylation sites is 1. The highest BCUT2D eigenvalue weighted by atomic mass is 32.1. The van der Waals surface area contributed by atoms with Crippen LogP contribution in [0.25, 0.3) is 22.4 Å². The van der Waals surface area contributed by atoms with Crippen molar-refractivity contribution in [3.8, 4) is 0 Å². The first kappa shape index (κ1) is 10.2. The molecule has 2 heterocycles. The predicted octanol–water partition coefficient (Wildman–Crippen LogP) is 3.86. The van der Waals surface area contributed by atoms with Gasteiger partial charge < -0.3 is 0 Å². The van der Waals surface area contributed by atoms with Crippen LogP contribution in [-0.2, 0) is 0 Å². The minimum absolute atomic E-state index is 1.03. The van der Waals surface area contributed by atoms with Gasteiger partial charge in [-0.3, -0.25) is 4.98 Å². The second-order valence-corrected chi connectivity index (χ2v) is 4.70. The lowest BCUT2D eigenvalue weighted by molar-refractivity contribution is 1.32. The van der Waals surface area contributed by atoms with Crippen molar-refractivity contribution in [3.63, 3.8) is 0 Å². The average molecular weight is 238 g/mol. The van der Waals surface area contributed by atoms with E-state index in [2.05, 4.69) is 22.1 Å². The highest BCUT2D eigenvalue weighted by Crippen LogP contribution is 2.22. The maximum absolute atomic E-state index is 4.54. The minimum atomic E-state index is 1.03. The highest BCUT2D eigenvalue weighted by Gasteiger charge is 1.98. The van der Waals surface area contributed by atoms with E-state index >= 15 is 0 Å². The Bertz CT molecular complexity index is 623. The number of hydrogen-bond acceptors (Lipinski definition) is 3. The molecule has 0 aliphatic heterocycles. The summed E-state index contributed by atoms with van der Waals surface area (Å²) in [6.45, 7) is 0. The number of rotatable bonds is 2. The Morgan fingerprint density at radius 2 is 1.76 bits per heavy atom. The normalized spacial score (nSPS) is 11.3. The van der Waals surface area contributed by atoms with Crippen LogP contribution in [0.2, 0.25) is 0 Å². The van der Waals surface area contributed by atoms with Gasteiger partial charge in [0.25, 0.3) is 0 Å². The van der Waals surface area contributed by atoms with Crippen molar-refractivity contribution in [1.82, 2.24) is 9.97 Å². The van der Waals surface area contributed by atoms with Crippen LogP contribution in [0.3, 0.4) is 0 Å². The van der Waals surface area contributed by atoms with Crippen LogP contribution in [0.4, 0.5) is 0 Å².